The van der Waals surface area contributed by atoms with Crippen LogP contribution in [-0.2, 0) is 0 Å². The van der Waals surface area contributed by atoms with E-state index >= 15 is 0 Å². The van der Waals surface area contributed by atoms with Crippen LogP contribution in [0.15, 0.2) is 58.5 Å². The first-order valence-corrected chi connectivity index (χ1v) is 7.32. The first-order chi connectivity index (χ1) is 10.1. The molecule has 4 rings (SSSR count). The van der Waals surface area contributed by atoms with E-state index < -0.39 is 0 Å². The molecule has 0 unspecified atom stereocenters. The van der Waals surface area contributed by atoms with E-state index in [9.17, 15) is 5.11 Å². The van der Waals surface area contributed by atoms with Crippen LogP contribution < -0.4 is 0 Å². The van der Waals surface area contributed by atoms with Crippen molar-refractivity contribution in [1.29, 1.82) is 0 Å². The number of benzene rings is 2. The van der Waals surface area contributed by atoms with E-state index in [4.69, 9.17) is 0 Å². The topological polar surface area (TPSA) is 48.4 Å². The van der Waals surface area contributed by atoms with Gasteiger partial charge in [-0.1, -0.05) is 46.8 Å². The van der Waals surface area contributed by atoms with Crippen LogP contribution in [0, 0.1) is 0 Å². The van der Waals surface area contributed by atoms with Crippen LogP contribution in [0.3, 0.4) is 0 Å². The number of aromatic amines is 1. The minimum Gasteiger partial charge on any atom is -0.494 e. The van der Waals surface area contributed by atoms with Gasteiger partial charge in [0.05, 0.1) is 22.5 Å². The lowest BCUT2D eigenvalue weighted by Gasteiger charge is -2.02. The molecule has 102 valence electrons. The van der Waals surface area contributed by atoms with Crippen molar-refractivity contribution in [2.75, 3.05) is 0 Å². The van der Waals surface area contributed by atoms with Gasteiger partial charge < -0.3 is 10.1 Å². The van der Waals surface area contributed by atoms with Gasteiger partial charge in [0.25, 0.3) is 0 Å². The Hall–Kier alpha value is -2.33. The third-order valence-electron chi connectivity index (χ3n) is 3.72. The molecule has 1 aliphatic heterocycles. The maximum Gasteiger partial charge on any atom is 0.199 e. The zero-order valence-electron chi connectivity index (χ0n) is 11.0. The number of hydrogen-bond donors (Lipinski definition) is 2. The van der Waals surface area contributed by atoms with Crippen molar-refractivity contribution in [1.82, 2.24) is 4.98 Å². The molecule has 0 spiro atoms. The maximum absolute atomic E-state index is 10.3. The second-order valence-corrected chi connectivity index (χ2v) is 5.91. The molecule has 3 nitrogen and oxygen atoms in total. The van der Waals surface area contributed by atoms with Gasteiger partial charge in [0.2, 0.25) is 0 Å². The Balaban J connectivity index is 1.97. The third-order valence-corrected chi connectivity index (χ3v) is 4.22. The number of nitrogens with one attached hydrogen (secondary N) is 1. The molecule has 21 heavy (non-hydrogen) atoms. The number of para-hydroxylation sites is 1. The standard InChI is InChI=1S/C17H11BrN2O/c1-9-11-4-2-3-5-13(11)19-16(9)15-12-7-6-10(18)8-14(12)20-17(15)21/h2-8,20-21H,1H2. The zero-order valence-corrected chi connectivity index (χ0v) is 12.6. The zero-order chi connectivity index (χ0) is 14.6. The lowest BCUT2D eigenvalue weighted by atomic mass is 9.99. The first-order valence-electron chi connectivity index (χ1n) is 6.53. The van der Waals surface area contributed by atoms with Gasteiger partial charge >= 0.3 is 0 Å². The summed E-state index contributed by atoms with van der Waals surface area (Å²) in [5.41, 5.74) is 5.04. The predicted octanol–water partition coefficient (Wildman–Crippen LogP) is 4.78. The number of allylic oxidation sites excluding steroid dienone is 1. The smallest absolute Gasteiger partial charge is 0.199 e. The number of fused-ring (bicyclic) bond motifs is 2. The average molecular weight is 339 g/mol. The fraction of sp³-hybridized carbons (Fsp3) is 0. The molecule has 0 saturated carbocycles. The first kappa shape index (κ1) is 12.4. The molecule has 2 N–H and O–H groups in total. The Morgan fingerprint density at radius 3 is 2.76 bits per heavy atom. The van der Waals surface area contributed by atoms with Crippen molar-refractivity contribution in [2.45, 2.75) is 0 Å². The van der Waals surface area contributed by atoms with Crippen LogP contribution in [0.25, 0.3) is 16.5 Å². The second kappa shape index (κ2) is 4.33. The highest BCUT2D eigenvalue weighted by Crippen LogP contribution is 2.40. The number of aromatic nitrogens is 1. The molecule has 3 aromatic rings. The van der Waals surface area contributed by atoms with Gasteiger partial charge in [0.15, 0.2) is 5.88 Å². The lowest BCUT2D eigenvalue weighted by Crippen LogP contribution is -1.98. The van der Waals surface area contributed by atoms with Crippen molar-refractivity contribution < 1.29 is 5.11 Å². The summed E-state index contributed by atoms with van der Waals surface area (Å²) in [5.74, 6) is 0.121. The van der Waals surface area contributed by atoms with Crippen LogP contribution in [0.4, 0.5) is 5.69 Å². The molecule has 0 aliphatic carbocycles. The van der Waals surface area contributed by atoms with E-state index in [1.807, 2.05) is 42.5 Å². The molecule has 0 bridgehead atoms. The molecule has 0 saturated heterocycles. The highest BCUT2D eigenvalue weighted by molar-refractivity contribution is 9.10. The number of hydrogen-bond acceptors (Lipinski definition) is 2. The van der Waals surface area contributed by atoms with Crippen LogP contribution in [0.1, 0.15) is 11.1 Å². The van der Waals surface area contributed by atoms with Gasteiger partial charge in [-0.15, -0.1) is 0 Å². The number of rotatable bonds is 1. The van der Waals surface area contributed by atoms with E-state index in [0.29, 0.717) is 5.56 Å². The van der Waals surface area contributed by atoms with E-state index in [1.165, 1.54) is 0 Å². The van der Waals surface area contributed by atoms with Crippen molar-refractivity contribution >= 4 is 43.8 Å². The molecule has 2 aromatic carbocycles. The molecule has 1 aliphatic rings. The number of nitrogens with zero attached hydrogens (tertiary/aromatic N) is 1. The number of aromatic hydroxyl groups is 1. The quantitative estimate of drug-likeness (QED) is 0.658. The van der Waals surface area contributed by atoms with Gasteiger partial charge in [-0.2, -0.15) is 0 Å². The largest absolute Gasteiger partial charge is 0.494 e. The summed E-state index contributed by atoms with van der Waals surface area (Å²) in [6, 6.07) is 13.7. The third kappa shape index (κ3) is 1.76. The normalized spacial score (nSPS) is 13.6. The summed E-state index contributed by atoms with van der Waals surface area (Å²) >= 11 is 3.44. The minimum absolute atomic E-state index is 0.121. The molecular weight excluding hydrogens is 328 g/mol. The Morgan fingerprint density at radius 1 is 1.14 bits per heavy atom. The highest BCUT2D eigenvalue weighted by atomic mass is 79.9. The van der Waals surface area contributed by atoms with Crippen molar-refractivity contribution in [3.8, 4) is 5.88 Å². The van der Waals surface area contributed by atoms with E-state index in [0.717, 1.165) is 37.9 Å². The number of aliphatic imine (C=N–C) groups is 1. The Kier molecular flexibility index (Phi) is 2.56. The van der Waals surface area contributed by atoms with Gasteiger partial charge in [0, 0.05) is 21.0 Å². The second-order valence-electron chi connectivity index (χ2n) is 4.99. The van der Waals surface area contributed by atoms with Crippen molar-refractivity contribution in [2.24, 2.45) is 4.99 Å². The van der Waals surface area contributed by atoms with Crippen molar-refractivity contribution in [3.63, 3.8) is 0 Å². The Bertz CT molecular complexity index is 937. The minimum atomic E-state index is 0.121. The molecule has 1 aromatic heterocycles. The van der Waals surface area contributed by atoms with Crippen molar-refractivity contribution in [3.05, 3.63) is 64.6 Å². The van der Waals surface area contributed by atoms with Crippen LogP contribution in [-0.4, -0.2) is 15.8 Å². The molecule has 2 heterocycles. The molecule has 4 heteroatoms. The molecule has 0 amide bonds. The SMILES string of the molecule is C=C1C(c2c(O)[nH]c3cc(Br)ccc23)=Nc2ccccc21. The van der Waals surface area contributed by atoms with Gasteiger partial charge in [-0.05, 0) is 18.2 Å². The molecule has 0 fully saturated rings. The monoisotopic (exact) mass is 338 g/mol. The van der Waals surface area contributed by atoms with Crippen LogP contribution in [0.2, 0.25) is 0 Å². The lowest BCUT2D eigenvalue weighted by molar-refractivity contribution is 0.457. The van der Waals surface area contributed by atoms with Gasteiger partial charge in [0.1, 0.15) is 0 Å². The van der Waals surface area contributed by atoms with Crippen LogP contribution in [0.5, 0.6) is 5.88 Å². The Morgan fingerprint density at radius 2 is 1.95 bits per heavy atom. The summed E-state index contributed by atoms with van der Waals surface area (Å²) in [6.45, 7) is 4.13. The summed E-state index contributed by atoms with van der Waals surface area (Å²) in [6.07, 6.45) is 0. The van der Waals surface area contributed by atoms with Gasteiger partial charge in [-0.25, -0.2) is 4.99 Å². The highest BCUT2D eigenvalue weighted by Gasteiger charge is 2.25. The number of H-pyrrole nitrogens is 1. The maximum atomic E-state index is 10.3. The summed E-state index contributed by atoms with van der Waals surface area (Å²) < 4.78 is 0.957. The summed E-state index contributed by atoms with van der Waals surface area (Å²) in [7, 11) is 0. The number of halogens is 1. The average Bonchev–Trinajstić information content (AvgIpc) is 2.95. The Labute approximate surface area is 129 Å². The molecule has 0 radical (unpaired) electrons. The predicted molar refractivity (Wildman–Crippen MR) is 89.3 cm³/mol. The van der Waals surface area contributed by atoms with E-state index in [1.54, 1.807) is 0 Å². The summed E-state index contributed by atoms with van der Waals surface area (Å²) in [4.78, 5) is 7.63. The van der Waals surface area contributed by atoms with Gasteiger partial charge in [-0.3, -0.25) is 0 Å². The fourth-order valence-electron chi connectivity index (χ4n) is 2.74. The fourth-order valence-corrected chi connectivity index (χ4v) is 3.10. The van der Waals surface area contributed by atoms with Crippen LogP contribution >= 0.6 is 15.9 Å². The molecular formula is C17H11BrN2O. The van der Waals surface area contributed by atoms with E-state index in [2.05, 4.69) is 32.5 Å². The summed E-state index contributed by atoms with van der Waals surface area (Å²) in [5, 5.41) is 11.2. The van der Waals surface area contributed by atoms with E-state index in [-0.39, 0.29) is 5.88 Å². The molecule has 0 atom stereocenters.